The van der Waals surface area contributed by atoms with Crippen LogP contribution in [0.25, 0.3) is 6.08 Å². The van der Waals surface area contributed by atoms with Crippen LogP contribution < -0.4 is 14.4 Å². The van der Waals surface area contributed by atoms with E-state index in [1.165, 1.54) is 4.90 Å². The summed E-state index contributed by atoms with van der Waals surface area (Å²) in [6.45, 7) is 2.52. The lowest BCUT2D eigenvalue weighted by Gasteiger charge is -2.16. The first kappa shape index (κ1) is 19.4. The second-order valence-electron chi connectivity index (χ2n) is 5.83. The van der Waals surface area contributed by atoms with Crippen LogP contribution in [-0.2, 0) is 4.79 Å². The van der Waals surface area contributed by atoms with Crippen LogP contribution in [0.5, 0.6) is 11.5 Å². The third-order valence-electron chi connectivity index (χ3n) is 4.15. The van der Waals surface area contributed by atoms with Gasteiger partial charge in [0.15, 0.2) is 5.11 Å². The predicted molar refractivity (Wildman–Crippen MR) is 114 cm³/mol. The van der Waals surface area contributed by atoms with E-state index >= 15 is 0 Å². The van der Waals surface area contributed by atoms with Crippen LogP contribution in [0.3, 0.4) is 0 Å². The second-order valence-corrected chi connectivity index (χ2v) is 7.05. The Morgan fingerprint density at radius 2 is 1.89 bits per heavy atom. The van der Waals surface area contributed by atoms with Crippen LogP contribution in [0.4, 0.5) is 5.69 Å². The molecule has 3 rings (SSSR count). The number of carbonyl (C=O) groups is 1. The summed E-state index contributed by atoms with van der Waals surface area (Å²) in [5, 5.41) is 0.433. The Hall–Kier alpha value is -2.38. The molecule has 7 heteroatoms. The largest absolute Gasteiger partial charge is 0.496 e. The van der Waals surface area contributed by atoms with E-state index in [9.17, 15) is 4.79 Å². The molecule has 0 spiro atoms. The molecule has 0 atom stereocenters. The maximum Gasteiger partial charge on any atom is 0.281 e. The molecule has 1 fully saturated rings. The highest BCUT2D eigenvalue weighted by atomic mass is 79.9. The van der Waals surface area contributed by atoms with Crippen LogP contribution in [0.15, 0.2) is 52.6 Å². The minimum Gasteiger partial charge on any atom is -0.496 e. The van der Waals surface area contributed by atoms with Crippen LogP contribution in [0.2, 0.25) is 0 Å². The zero-order valence-corrected chi connectivity index (χ0v) is 17.6. The van der Waals surface area contributed by atoms with E-state index in [0.29, 0.717) is 23.1 Å². The van der Waals surface area contributed by atoms with Gasteiger partial charge in [-0.1, -0.05) is 6.07 Å². The molecule has 1 heterocycles. The molecular formula is C20H19BrN2O3S. The van der Waals surface area contributed by atoms with Crippen LogP contribution >= 0.6 is 28.1 Å². The lowest BCUT2D eigenvalue weighted by Crippen LogP contribution is -2.31. The number of hydrogen-bond donors (Lipinski definition) is 0. The van der Waals surface area contributed by atoms with Crippen molar-refractivity contribution in [3.8, 4) is 11.5 Å². The summed E-state index contributed by atoms with van der Waals surface area (Å²) in [5.41, 5.74) is 2.08. The van der Waals surface area contributed by atoms with Gasteiger partial charge in [0, 0.05) is 7.05 Å². The fourth-order valence-corrected chi connectivity index (χ4v) is 3.62. The third kappa shape index (κ3) is 3.84. The van der Waals surface area contributed by atoms with Gasteiger partial charge in [-0.3, -0.25) is 9.69 Å². The van der Waals surface area contributed by atoms with Crippen LogP contribution in [0, 0.1) is 0 Å². The van der Waals surface area contributed by atoms with E-state index in [2.05, 4.69) is 15.9 Å². The Bertz CT molecular complexity index is 912. The molecule has 0 N–H and O–H groups in total. The summed E-state index contributed by atoms with van der Waals surface area (Å²) in [4.78, 5) is 16.2. The highest BCUT2D eigenvalue weighted by Crippen LogP contribution is 2.31. The summed E-state index contributed by atoms with van der Waals surface area (Å²) in [5.74, 6) is 1.32. The van der Waals surface area contributed by atoms with E-state index in [0.717, 1.165) is 21.5 Å². The molecule has 140 valence electrons. The van der Waals surface area contributed by atoms with Crippen molar-refractivity contribution in [2.45, 2.75) is 6.92 Å². The number of thiocarbonyl (C=S) groups is 1. The van der Waals surface area contributed by atoms with Crippen molar-refractivity contribution < 1.29 is 14.3 Å². The van der Waals surface area contributed by atoms with Gasteiger partial charge in [-0.15, -0.1) is 0 Å². The van der Waals surface area contributed by atoms with Gasteiger partial charge in [0.2, 0.25) is 0 Å². The van der Waals surface area contributed by atoms with Gasteiger partial charge in [-0.05, 0) is 83.1 Å². The molecule has 2 aromatic rings. The molecule has 2 aromatic carbocycles. The fraction of sp³-hybridized carbons (Fsp3) is 0.200. The molecule has 1 aliphatic heterocycles. The number of hydrogen-bond acceptors (Lipinski definition) is 4. The molecule has 0 aromatic heterocycles. The average molecular weight is 447 g/mol. The molecule has 0 unspecified atom stereocenters. The number of methoxy groups -OCH3 is 1. The first-order chi connectivity index (χ1) is 13.0. The number of anilines is 1. The van der Waals surface area contributed by atoms with Gasteiger partial charge < -0.3 is 14.4 Å². The van der Waals surface area contributed by atoms with Crippen molar-refractivity contribution >= 4 is 50.9 Å². The Balaban J connectivity index is 1.91. The van der Waals surface area contributed by atoms with Crippen molar-refractivity contribution in [3.05, 3.63) is 58.2 Å². The molecule has 1 amide bonds. The Morgan fingerprint density at radius 3 is 2.48 bits per heavy atom. The van der Waals surface area contributed by atoms with E-state index < -0.39 is 0 Å². The molecule has 1 saturated heterocycles. The minimum atomic E-state index is -0.168. The number of ether oxygens (including phenoxy) is 2. The topological polar surface area (TPSA) is 42.0 Å². The molecule has 0 radical (unpaired) electrons. The smallest absolute Gasteiger partial charge is 0.281 e. The number of halogens is 1. The zero-order valence-electron chi connectivity index (χ0n) is 15.2. The summed E-state index contributed by atoms with van der Waals surface area (Å²) in [6, 6.07) is 13.0. The Labute approximate surface area is 172 Å². The minimum absolute atomic E-state index is 0.168. The lowest BCUT2D eigenvalue weighted by atomic mass is 10.1. The quantitative estimate of drug-likeness (QED) is 0.500. The summed E-state index contributed by atoms with van der Waals surface area (Å²) >= 11 is 8.96. The third-order valence-corrected chi connectivity index (χ3v) is 5.22. The van der Waals surface area contributed by atoms with Crippen molar-refractivity contribution in [2.75, 3.05) is 25.7 Å². The van der Waals surface area contributed by atoms with Crippen molar-refractivity contribution in [2.24, 2.45) is 0 Å². The number of nitrogens with zero attached hydrogens (tertiary/aromatic N) is 2. The van der Waals surface area contributed by atoms with Crippen molar-refractivity contribution in [3.63, 3.8) is 0 Å². The molecule has 1 aliphatic rings. The highest BCUT2D eigenvalue weighted by Gasteiger charge is 2.36. The first-order valence-electron chi connectivity index (χ1n) is 8.36. The van der Waals surface area contributed by atoms with Crippen molar-refractivity contribution in [1.29, 1.82) is 0 Å². The zero-order chi connectivity index (χ0) is 19.6. The lowest BCUT2D eigenvalue weighted by molar-refractivity contribution is -0.114. The van der Waals surface area contributed by atoms with E-state index in [4.69, 9.17) is 21.7 Å². The Kier molecular flexibility index (Phi) is 5.82. The first-order valence-corrected chi connectivity index (χ1v) is 9.56. The standard InChI is InChI=1S/C20H19BrN2O3S/c1-4-26-15-8-6-14(7-9-15)23-19(24)17(22(2)20(23)27)12-13-5-10-18(25-3)16(21)11-13/h5-12H,4H2,1-3H3. The predicted octanol–water partition coefficient (Wildman–Crippen LogP) is 4.46. The van der Waals surface area contributed by atoms with Gasteiger partial charge in [0.05, 0.1) is 23.9 Å². The monoisotopic (exact) mass is 446 g/mol. The maximum absolute atomic E-state index is 13.0. The molecule has 0 saturated carbocycles. The average Bonchev–Trinajstić information content (AvgIpc) is 2.86. The number of carbonyl (C=O) groups excluding carboxylic acids is 1. The van der Waals surface area contributed by atoms with E-state index in [1.54, 1.807) is 19.1 Å². The summed E-state index contributed by atoms with van der Waals surface area (Å²) in [6.07, 6.45) is 1.81. The normalized spacial score (nSPS) is 15.6. The molecule has 0 bridgehead atoms. The second kappa shape index (κ2) is 8.10. The molecule has 5 nitrogen and oxygen atoms in total. The van der Waals surface area contributed by atoms with Gasteiger partial charge in [0.1, 0.15) is 17.2 Å². The van der Waals surface area contributed by atoms with Gasteiger partial charge in [-0.2, -0.15) is 0 Å². The van der Waals surface area contributed by atoms with Crippen LogP contribution in [0.1, 0.15) is 12.5 Å². The van der Waals surface area contributed by atoms with Gasteiger partial charge in [-0.25, -0.2) is 0 Å². The summed E-state index contributed by atoms with van der Waals surface area (Å²) < 4.78 is 11.5. The number of amides is 1. The molecular weight excluding hydrogens is 428 g/mol. The number of benzene rings is 2. The highest BCUT2D eigenvalue weighted by molar-refractivity contribution is 9.10. The van der Waals surface area contributed by atoms with Gasteiger partial charge in [0.25, 0.3) is 5.91 Å². The summed E-state index contributed by atoms with van der Waals surface area (Å²) in [7, 11) is 3.40. The fourth-order valence-electron chi connectivity index (χ4n) is 2.77. The Morgan fingerprint density at radius 1 is 1.19 bits per heavy atom. The van der Waals surface area contributed by atoms with E-state index in [1.807, 2.05) is 55.5 Å². The molecule has 0 aliphatic carbocycles. The van der Waals surface area contributed by atoms with E-state index in [-0.39, 0.29) is 5.91 Å². The maximum atomic E-state index is 13.0. The molecule has 27 heavy (non-hydrogen) atoms. The number of likely N-dealkylation sites (N-methyl/N-ethyl adjacent to an activating group) is 1. The number of rotatable bonds is 5. The van der Waals surface area contributed by atoms with Gasteiger partial charge >= 0.3 is 0 Å². The SMILES string of the molecule is CCOc1ccc(N2C(=O)C(=Cc3ccc(OC)c(Br)c3)N(C)C2=S)cc1. The van der Waals surface area contributed by atoms with Crippen LogP contribution in [-0.4, -0.2) is 36.7 Å². The van der Waals surface area contributed by atoms with Crippen molar-refractivity contribution in [1.82, 2.24) is 4.90 Å².